The molecule has 6 heteroatoms. The van der Waals surface area contributed by atoms with Crippen LogP contribution in [0.5, 0.6) is 0 Å². The Hall–Kier alpha value is -0.980. The van der Waals surface area contributed by atoms with Crippen LogP contribution in [-0.4, -0.2) is 35.0 Å². The summed E-state index contributed by atoms with van der Waals surface area (Å²) in [6, 6.07) is -0.896. The number of rotatable bonds is 5. The highest BCUT2D eigenvalue weighted by molar-refractivity contribution is 6.09. The SMILES string of the molecule is CC(N)C(=O)C(N)(CCN)C(=O)O. The van der Waals surface area contributed by atoms with E-state index in [0.29, 0.717) is 0 Å². The number of ketones is 1. The van der Waals surface area contributed by atoms with E-state index in [1.165, 1.54) is 6.92 Å². The Bertz CT molecular complexity index is 217. The summed E-state index contributed by atoms with van der Waals surface area (Å²) in [6.07, 6.45) is -0.108. The van der Waals surface area contributed by atoms with Crippen LogP contribution in [0.4, 0.5) is 0 Å². The lowest BCUT2D eigenvalue weighted by molar-refractivity contribution is -0.148. The van der Waals surface area contributed by atoms with Crippen molar-refractivity contribution in [3.05, 3.63) is 0 Å². The highest BCUT2D eigenvalue weighted by atomic mass is 16.4. The molecule has 0 aliphatic rings. The molecule has 13 heavy (non-hydrogen) atoms. The lowest BCUT2D eigenvalue weighted by atomic mass is 9.88. The number of carboxylic acids is 1. The third kappa shape index (κ3) is 2.48. The predicted molar refractivity (Wildman–Crippen MR) is 46.9 cm³/mol. The Balaban J connectivity index is 4.78. The Morgan fingerprint density at radius 3 is 2.23 bits per heavy atom. The van der Waals surface area contributed by atoms with Crippen LogP contribution >= 0.6 is 0 Å². The lowest BCUT2D eigenvalue weighted by Gasteiger charge is -2.23. The highest BCUT2D eigenvalue weighted by Crippen LogP contribution is 2.09. The average Bonchev–Trinajstić information content (AvgIpc) is 2.02. The van der Waals surface area contributed by atoms with Crippen LogP contribution in [0.2, 0.25) is 0 Å². The maximum atomic E-state index is 11.3. The Kier molecular flexibility index (Phi) is 3.99. The number of carbonyl (C=O) groups excluding carboxylic acids is 1. The van der Waals surface area contributed by atoms with E-state index in [2.05, 4.69) is 0 Å². The van der Waals surface area contributed by atoms with Gasteiger partial charge >= 0.3 is 5.97 Å². The monoisotopic (exact) mass is 189 g/mol. The van der Waals surface area contributed by atoms with Crippen molar-refractivity contribution < 1.29 is 14.7 Å². The molecule has 2 atom stereocenters. The molecule has 0 heterocycles. The molecule has 0 spiro atoms. The maximum Gasteiger partial charge on any atom is 0.331 e. The third-order valence-electron chi connectivity index (χ3n) is 1.77. The molecule has 0 saturated carbocycles. The standard InChI is InChI=1S/C7H15N3O3/c1-4(9)5(11)7(10,2-3-8)6(12)13/h4H,2-3,8-10H2,1H3,(H,12,13). The van der Waals surface area contributed by atoms with Gasteiger partial charge in [0.2, 0.25) is 0 Å². The molecule has 76 valence electrons. The van der Waals surface area contributed by atoms with Gasteiger partial charge in [0.15, 0.2) is 11.3 Å². The van der Waals surface area contributed by atoms with Gasteiger partial charge in [0.1, 0.15) is 0 Å². The van der Waals surface area contributed by atoms with Crippen molar-refractivity contribution in [2.75, 3.05) is 6.54 Å². The lowest BCUT2D eigenvalue weighted by Crippen LogP contribution is -2.60. The first-order valence-electron chi connectivity index (χ1n) is 3.88. The van der Waals surface area contributed by atoms with E-state index in [4.69, 9.17) is 22.3 Å². The molecule has 0 aliphatic heterocycles. The summed E-state index contributed by atoms with van der Waals surface area (Å²) in [5.41, 5.74) is 13.9. The van der Waals surface area contributed by atoms with Gasteiger partial charge in [-0.2, -0.15) is 0 Å². The van der Waals surface area contributed by atoms with Crippen LogP contribution in [-0.2, 0) is 9.59 Å². The Labute approximate surface area is 76.1 Å². The van der Waals surface area contributed by atoms with E-state index in [0.717, 1.165) is 0 Å². The minimum atomic E-state index is -1.94. The van der Waals surface area contributed by atoms with E-state index >= 15 is 0 Å². The number of hydrogen-bond acceptors (Lipinski definition) is 5. The van der Waals surface area contributed by atoms with Gasteiger partial charge in [0, 0.05) is 0 Å². The molecule has 0 saturated heterocycles. The summed E-state index contributed by atoms with van der Waals surface area (Å²) < 4.78 is 0. The van der Waals surface area contributed by atoms with Gasteiger partial charge in [-0.1, -0.05) is 0 Å². The first-order chi connectivity index (χ1) is 5.86. The quantitative estimate of drug-likeness (QED) is 0.371. The van der Waals surface area contributed by atoms with Gasteiger partial charge in [-0.05, 0) is 19.9 Å². The molecule has 0 aromatic rings. The summed E-state index contributed by atoms with van der Waals surface area (Å²) in [7, 11) is 0. The molecule has 0 aromatic carbocycles. The molecule has 0 aliphatic carbocycles. The van der Waals surface area contributed by atoms with Crippen molar-refractivity contribution >= 4 is 11.8 Å². The molecule has 0 radical (unpaired) electrons. The zero-order valence-corrected chi connectivity index (χ0v) is 7.49. The van der Waals surface area contributed by atoms with E-state index < -0.39 is 23.3 Å². The molecular weight excluding hydrogens is 174 g/mol. The van der Waals surface area contributed by atoms with Crippen LogP contribution in [0.3, 0.4) is 0 Å². The fraction of sp³-hybridized carbons (Fsp3) is 0.714. The van der Waals surface area contributed by atoms with Crippen LogP contribution in [0.25, 0.3) is 0 Å². The number of carboxylic acid groups (broad SMARTS) is 1. The fourth-order valence-corrected chi connectivity index (χ4v) is 0.969. The minimum Gasteiger partial charge on any atom is -0.480 e. The van der Waals surface area contributed by atoms with Gasteiger partial charge in [-0.3, -0.25) is 4.79 Å². The molecular formula is C7H15N3O3. The van der Waals surface area contributed by atoms with E-state index in [1.54, 1.807) is 0 Å². The Morgan fingerprint density at radius 1 is 1.54 bits per heavy atom. The maximum absolute atomic E-state index is 11.3. The zero-order chi connectivity index (χ0) is 10.6. The second-order valence-corrected chi connectivity index (χ2v) is 2.97. The molecule has 7 N–H and O–H groups in total. The van der Waals surface area contributed by atoms with Crippen molar-refractivity contribution in [2.24, 2.45) is 17.2 Å². The Morgan fingerprint density at radius 2 is 2.00 bits per heavy atom. The van der Waals surface area contributed by atoms with Crippen molar-refractivity contribution in [1.29, 1.82) is 0 Å². The molecule has 2 unspecified atom stereocenters. The average molecular weight is 189 g/mol. The summed E-state index contributed by atoms with van der Waals surface area (Å²) in [6.45, 7) is 1.42. The number of hydrogen-bond donors (Lipinski definition) is 4. The van der Waals surface area contributed by atoms with E-state index in [1.807, 2.05) is 0 Å². The van der Waals surface area contributed by atoms with Crippen molar-refractivity contribution in [3.63, 3.8) is 0 Å². The largest absolute Gasteiger partial charge is 0.480 e. The molecule has 0 fully saturated rings. The van der Waals surface area contributed by atoms with E-state index in [-0.39, 0.29) is 13.0 Å². The first-order valence-corrected chi connectivity index (χ1v) is 3.88. The predicted octanol–water partition coefficient (Wildman–Crippen LogP) is -1.97. The summed E-state index contributed by atoms with van der Waals surface area (Å²) in [4.78, 5) is 22.0. The smallest absolute Gasteiger partial charge is 0.331 e. The zero-order valence-electron chi connectivity index (χ0n) is 7.49. The number of carbonyl (C=O) groups is 2. The number of Topliss-reactive ketones (excluding diaryl/α,β-unsaturated/α-hetero) is 1. The second-order valence-electron chi connectivity index (χ2n) is 2.97. The van der Waals surface area contributed by atoms with Crippen LogP contribution < -0.4 is 17.2 Å². The molecule has 0 amide bonds. The molecule has 0 aromatic heterocycles. The van der Waals surface area contributed by atoms with Gasteiger partial charge in [0.25, 0.3) is 0 Å². The topological polar surface area (TPSA) is 132 Å². The number of nitrogens with two attached hydrogens (primary N) is 3. The molecule has 0 rings (SSSR count). The summed E-state index contributed by atoms with van der Waals surface area (Å²) in [5.74, 6) is -2.09. The van der Waals surface area contributed by atoms with Crippen LogP contribution in [0, 0.1) is 0 Å². The van der Waals surface area contributed by atoms with Crippen LogP contribution in [0.1, 0.15) is 13.3 Å². The van der Waals surface area contributed by atoms with Gasteiger partial charge in [-0.25, -0.2) is 4.79 Å². The third-order valence-corrected chi connectivity index (χ3v) is 1.77. The normalized spacial score (nSPS) is 17.5. The minimum absolute atomic E-state index is 0.0290. The molecule has 6 nitrogen and oxygen atoms in total. The highest BCUT2D eigenvalue weighted by Gasteiger charge is 2.42. The molecule has 0 bridgehead atoms. The second kappa shape index (κ2) is 4.31. The fourth-order valence-electron chi connectivity index (χ4n) is 0.969. The van der Waals surface area contributed by atoms with Gasteiger partial charge in [-0.15, -0.1) is 0 Å². The first kappa shape index (κ1) is 12.0. The van der Waals surface area contributed by atoms with Crippen LogP contribution in [0.15, 0.2) is 0 Å². The van der Waals surface area contributed by atoms with Gasteiger partial charge < -0.3 is 22.3 Å². The van der Waals surface area contributed by atoms with Gasteiger partial charge in [0.05, 0.1) is 6.04 Å². The van der Waals surface area contributed by atoms with Crippen molar-refractivity contribution in [2.45, 2.75) is 24.9 Å². The van der Waals surface area contributed by atoms with Crippen molar-refractivity contribution in [1.82, 2.24) is 0 Å². The number of aliphatic carboxylic acids is 1. The van der Waals surface area contributed by atoms with Crippen molar-refractivity contribution in [3.8, 4) is 0 Å². The summed E-state index contributed by atoms with van der Waals surface area (Å²) in [5, 5.41) is 8.73. The van der Waals surface area contributed by atoms with E-state index in [9.17, 15) is 9.59 Å². The summed E-state index contributed by atoms with van der Waals surface area (Å²) >= 11 is 0.